The summed E-state index contributed by atoms with van der Waals surface area (Å²) >= 11 is 0. The maximum Gasteiger partial charge on any atom is 0.255 e. The van der Waals surface area contributed by atoms with E-state index < -0.39 is 36.6 Å². The van der Waals surface area contributed by atoms with E-state index in [-0.39, 0.29) is 29.4 Å². The quantitative estimate of drug-likeness (QED) is 0.202. The van der Waals surface area contributed by atoms with Crippen molar-refractivity contribution < 1.29 is 30.0 Å². The Labute approximate surface area is 177 Å². The number of hydrogen-bond acceptors (Lipinski definition) is 10. The van der Waals surface area contributed by atoms with Crippen LogP contribution in [0.25, 0.3) is 11.2 Å². The highest BCUT2D eigenvalue weighted by Gasteiger charge is 2.58. The third kappa shape index (κ3) is 4.32. The zero-order chi connectivity index (χ0) is 22.6. The van der Waals surface area contributed by atoms with E-state index in [1.54, 1.807) is 0 Å². The van der Waals surface area contributed by atoms with Gasteiger partial charge in [0.15, 0.2) is 23.3 Å². The summed E-state index contributed by atoms with van der Waals surface area (Å²) in [6.07, 6.45) is 0.760. The van der Waals surface area contributed by atoms with Crippen LogP contribution in [0.15, 0.2) is 6.33 Å². The molecule has 1 aliphatic heterocycles. The average molecular weight is 434 g/mol. The number of ether oxygens (including phenoxy) is 1. The van der Waals surface area contributed by atoms with E-state index in [4.69, 9.17) is 21.3 Å². The molecule has 0 aliphatic carbocycles. The van der Waals surface area contributed by atoms with Crippen LogP contribution in [0.4, 0.5) is 5.82 Å². The lowest BCUT2D eigenvalue weighted by atomic mass is 9.95. The van der Waals surface area contributed by atoms with Crippen LogP contribution >= 0.6 is 0 Å². The first-order valence-corrected chi connectivity index (χ1v) is 9.90. The van der Waals surface area contributed by atoms with Crippen molar-refractivity contribution in [2.45, 2.75) is 56.1 Å². The maximum atomic E-state index is 11.8. The van der Waals surface area contributed by atoms with E-state index in [1.807, 2.05) is 0 Å². The Morgan fingerprint density at radius 2 is 1.97 bits per heavy atom. The van der Waals surface area contributed by atoms with Gasteiger partial charge in [-0.1, -0.05) is 18.8 Å². The number of rotatable bonds is 8. The number of amides is 1. The normalized spacial score (nSPS) is 25.5. The first-order valence-electron chi connectivity index (χ1n) is 9.90. The molecule has 0 saturated carbocycles. The fraction of sp³-hybridized carbons (Fsp3) is 0.579. The lowest BCUT2D eigenvalue weighted by molar-refractivity contribution is -0.163. The molecule has 1 aliphatic rings. The van der Waals surface area contributed by atoms with E-state index >= 15 is 0 Å². The molecule has 1 amide bonds. The molecule has 12 nitrogen and oxygen atoms in total. The highest BCUT2D eigenvalue weighted by Crippen LogP contribution is 2.38. The number of carbonyl (C=O) groups excluding carboxylic acids is 1. The van der Waals surface area contributed by atoms with Crippen molar-refractivity contribution in [3.8, 4) is 11.8 Å². The molecular formula is C19H26N6O6. The predicted molar refractivity (Wildman–Crippen MR) is 108 cm³/mol. The molecular weight excluding hydrogens is 408 g/mol. The minimum absolute atomic E-state index is 0.0624. The van der Waals surface area contributed by atoms with Crippen LogP contribution in [0.5, 0.6) is 0 Å². The van der Waals surface area contributed by atoms with Crippen LogP contribution in [0.1, 0.15) is 44.2 Å². The molecule has 4 atom stereocenters. The second-order valence-corrected chi connectivity index (χ2v) is 7.30. The van der Waals surface area contributed by atoms with Crippen LogP contribution in [0.3, 0.4) is 0 Å². The molecule has 0 unspecified atom stereocenters. The van der Waals surface area contributed by atoms with Gasteiger partial charge in [0.25, 0.3) is 5.91 Å². The van der Waals surface area contributed by atoms with Gasteiger partial charge in [0.1, 0.15) is 17.7 Å². The monoisotopic (exact) mass is 434 g/mol. The van der Waals surface area contributed by atoms with Crippen molar-refractivity contribution in [2.75, 3.05) is 18.9 Å². The number of anilines is 1. The summed E-state index contributed by atoms with van der Waals surface area (Å²) in [4.78, 5) is 24.3. The molecule has 2 aromatic heterocycles. The smallest absolute Gasteiger partial charge is 0.255 e. The SMILES string of the molecule is NC(=O)[C@]1(CO)O[C@@H](n2cnc3c(N)nc(C#CCCCCCCO)nc32)[C@H](O)[C@@H]1O. The second kappa shape index (κ2) is 9.54. The first-order chi connectivity index (χ1) is 14.9. The fourth-order valence-electron chi connectivity index (χ4n) is 3.42. The number of carbonyl (C=O) groups is 1. The number of imidazole rings is 1. The summed E-state index contributed by atoms with van der Waals surface area (Å²) in [5, 5.41) is 39.1. The molecule has 2 aromatic rings. The number of primary amides is 1. The number of fused-ring (bicyclic) bond motifs is 1. The van der Waals surface area contributed by atoms with Crippen LogP contribution < -0.4 is 11.5 Å². The molecule has 3 heterocycles. The van der Waals surface area contributed by atoms with Crippen molar-refractivity contribution in [2.24, 2.45) is 5.73 Å². The summed E-state index contributed by atoms with van der Waals surface area (Å²) in [7, 11) is 0. The fourth-order valence-corrected chi connectivity index (χ4v) is 3.42. The van der Waals surface area contributed by atoms with E-state index in [1.165, 1.54) is 10.9 Å². The molecule has 0 spiro atoms. The summed E-state index contributed by atoms with van der Waals surface area (Å²) in [6.45, 7) is -0.738. The van der Waals surface area contributed by atoms with Crippen LogP contribution in [0.2, 0.25) is 0 Å². The lowest BCUT2D eigenvalue weighted by Crippen LogP contribution is -2.56. The highest BCUT2D eigenvalue weighted by molar-refractivity contribution is 5.85. The van der Waals surface area contributed by atoms with Gasteiger partial charge in [-0.05, 0) is 18.8 Å². The average Bonchev–Trinajstić information content (AvgIpc) is 3.27. The van der Waals surface area contributed by atoms with Crippen LogP contribution in [0, 0.1) is 11.8 Å². The van der Waals surface area contributed by atoms with Gasteiger partial charge in [0, 0.05) is 13.0 Å². The summed E-state index contributed by atoms with van der Waals surface area (Å²) in [5.41, 5.74) is 9.47. The van der Waals surface area contributed by atoms with Gasteiger partial charge >= 0.3 is 0 Å². The molecule has 0 bridgehead atoms. The Bertz CT molecular complexity index is 1000. The van der Waals surface area contributed by atoms with Crippen molar-refractivity contribution in [1.82, 2.24) is 19.5 Å². The number of hydrogen-bond donors (Lipinski definition) is 6. The highest BCUT2D eigenvalue weighted by atomic mass is 16.6. The van der Waals surface area contributed by atoms with E-state index in [0.29, 0.717) is 6.42 Å². The number of nitrogen functional groups attached to an aromatic ring is 1. The molecule has 0 radical (unpaired) electrons. The largest absolute Gasteiger partial charge is 0.396 e. The molecule has 1 saturated heterocycles. The Balaban J connectivity index is 1.86. The number of nitrogens with two attached hydrogens (primary N) is 2. The van der Waals surface area contributed by atoms with Gasteiger partial charge < -0.3 is 36.6 Å². The minimum atomic E-state index is -2.17. The Hall–Kier alpha value is -2.82. The standard InChI is InChI=1S/C19H26N6O6/c20-15-12-16(24-11(23-15)7-5-3-1-2-4-6-8-26)25(10-22-12)17-13(28)14(29)19(9-27,31-17)18(21)30/h10,13-14,17,26-29H,1-4,6,8-9H2,(H2,21,30)(H2,20,23,24)/t13-,14+,17-,19-/m1/s1. The molecule has 1 fully saturated rings. The van der Waals surface area contributed by atoms with Crippen molar-refractivity contribution in [1.29, 1.82) is 0 Å². The number of aromatic nitrogens is 4. The van der Waals surface area contributed by atoms with Crippen molar-refractivity contribution in [3.05, 3.63) is 12.2 Å². The Kier molecular flexibility index (Phi) is 7.04. The van der Waals surface area contributed by atoms with E-state index in [0.717, 1.165) is 25.7 Å². The minimum Gasteiger partial charge on any atom is -0.396 e. The first kappa shape index (κ1) is 22.9. The van der Waals surface area contributed by atoms with Gasteiger partial charge in [0.2, 0.25) is 5.82 Å². The van der Waals surface area contributed by atoms with Gasteiger partial charge in [-0.3, -0.25) is 9.36 Å². The van der Waals surface area contributed by atoms with E-state index in [2.05, 4.69) is 26.8 Å². The van der Waals surface area contributed by atoms with Crippen LogP contribution in [-0.2, 0) is 9.53 Å². The Morgan fingerprint density at radius 3 is 2.61 bits per heavy atom. The third-order valence-corrected chi connectivity index (χ3v) is 5.21. The number of aliphatic hydroxyl groups excluding tert-OH is 4. The predicted octanol–water partition coefficient (Wildman–Crippen LogP) is -1.83. The molecule has 0 aromatic carbocycles. The summed E-state index contributed by atoms with van der Waals surface area (Å²) in [6, 6.07) is 0. The van der Waals surface area contributed by atoms with Gasteiger partial charge in [-0.15, -0.1) is 0 Å². The zero-order valence-electron chi connectivity index (χ0n) is 16.8. The van der Waals surface area contributed by atoms with Gasteiger partial charge in [-0.2, -0.15) is 0 Å². The second-order valence-electron chi connectivity index (χ2n) is 7.30. The molecule has 168 valence electrons. The topological polar surface area (TPSA) is 203 Å². The number of unbranched alkanes of at least 4 members (excludes halogenated alkanes) is 4. The summed E-state index contributed by atoms with van der Waals surface area (Å²) < 4.78 is 6.78. The molecule has 31 heavy (non-hydrogen) atoms. The number of nitrogens with zero attached hydrogens (tertiary/aromatic N) is 4. The van der Waals surface area contributed by atoms with Crippen molar-refractivity contribution in [3.63, 3.8) is 0 Å². The number of aliphatic hydroxyl groups is 4. The summed E-state index contributed by atoms with van der Waals surface area (Å²) in [5.74, 6) is 4.88. The zero-order valence-corrected chi connectivity index (χ0v) is 16.8. The van der Waals surface area contributed by atoms with Crippen molar-refractivity contribution >= 4 is 22.9 Å². The van der Waals surface area contributed by atoms with Gasteiger partial charge in [-0.25, -0.2) is 15.0 Å². The van der Waals surface area contributed by atoms with Crippen LogP contribution in [-0.4, -0.2) is 76.9 Å². The van der Waals surface area contributed by atoms with Gasteiger partial charge in [0.05, 0.1) is 12.9 Å². The lowest BCUT2D eigenvalue weighted by Gasteiger charge is -2.25. The maximum absolute atomic E-state index is 11.8. The third-order valence-electron chi connectivity index (χ3n) is 5.21. The molecule has 12 heteroatoms. The molecule has 3 rings (SSSR count). The van der Waals surface area contributed by atoms with E-state index in [9.17, 15) is 20.1 Å². The Morgan fingerprint density at radius 1 is 1.23 bits per heavy atom. The molecule has 8 N–H and O–H groups in total.